The molecule has 1 saturated heterocycles. The molecule has 148 valence electrons. The molecule has 0 saturated carbocycles. The highest BCUT2D eigenvalue weighted by Gasteiger charge is 2.28. The molecule has 0 unspecified atom stereocenters. The quantitative estimate of drug-likeness (QED) is 0.600. The highest BCUT2D eigenvalue weighted by molar-refractivity contribution is 7.89. The topological polar surface area (TPSA) is 113 Å². The van der Waals surface area contributed by atoms with Crippen LogP contribution in [0, 0.1) is 10.1 Å². The maximum absolute atomic E-state index is 12.8. The van der Waals surface area contributed by atoms with Crippen LogP contribution in [-0.2, 0) is 10.0 Å². The summed E-state index contributed by atoms with van der Waals surface area (Å²) in [5, 5.41) is 13.3. The second kappa shape index (κ2) is 8.05. The number of non-ortho nitro benzene ring substituents is 1. The molecule has 2 aromatic carbocycles. The molecule has 1 heterocycles. The van der Waals surface area contributed by atoms with Crippen LogP contribution in [0.25, 0.3) is 0 Å². The molecule has 0 bridgehead atoms. The number of hydrogen-bond acceptors (Lipinski definition) is 6. The lowest BCUT2D eigenvalue weighted by atomic mass is 10.2. The van der Waals surface area contributed by atoms with Crippen molar-refractivity contribution in [2.75, 3.05) is 38.5 Å². The van der Waals surface area contributed by atoms with Gasteiger partial charge < -0.3 is 10.2 Å². The maximum Gasteiger partial charge on any atom is 0.269 e. The van der Waals surface area contributed by atoms with Gasteiger partial charge in [-0.3, -0.25) is 14.9 Å². The number of sulfonamides is 1. The van der Waals surface area contributed by atoms with E-state index in [9.17, 15) is 23.3 Å². The first-order chi connectivity index (χ1) is 13.3. The van der Waals surface area contributed by atoms with Crippen LogP contribution < -0.4 is 5.32 Å². The van der Waals surface area contributed by atoms with Crippen LogP contribution >= 0.6 is 0 Å². The fraction of sp³-hybridized carbons (Fsp3) is 0.278. The number of carbonyl (C=O) groups is 1. The Morgan fingerprint density at radius 1 is 1.07 bits per heavy atom. The number of likely N-dealkylation sites (N-methyl/N-ethyl adjacent to an activating group) is 1. The summed E-state index contributed by atoms with van der Waals surface area (Å²) in [4.78, 5) is 24.8. The number of hydrogen-bond donors (Lipinski definition) is 1. The van der Waals surface area contributed by atoms with Crippen molar-refractivity contribution >= 4 is 27.3 Å². The van der Waals surface area contributed by atoms with Gasteiger partial charge in [-0.25, -0.2) is 8.42 Å². The number of nitro groups is 1. The third-order valence-electron chi connectivity index (χ3n) is 4.53. The number of nitrogens with zero attached hydrogens (tertiary/aromatic N) is 3. The van der Waals surface area contributed by atoms with Crippen LogP contribution in [0.3, 0.4) is 0 Å². The molecule has 9 nitrogen and oxygen atoms in total. The Hall–Kier alpha value is -2.82. The van der Waals surface area contributed by atoms with Crippen LogP contribution in [0.5, 0.6) is 0 Å². The number of amides is 1. The summed E-state index contributed by atoms with van der Waals surface area (Å²) >= 11 is 0. The Bertz CT molecular complexity index is 983. The van der Waals surface area contributed by atoms with Gasteiger partial charge in [0, 0.05) is 49.6 Å². The molecule has 1 fully saturated rings. The maximum atomic E-state index is 12.8. The van der Waals surface area contributed by atoms with Crippen molar-refractivity contribution in [1.29, 1.82) is 0 Å². The molecular weight excluding hydrogens is 384 g/mol. The summed E-state index contributed by atoms with van der Waals surface area (Å²) < 4.78 is 27.1. The second-order valence-electron chi connectivity index (χ2n) is 6.49. The summed E-state index contributed by atoms with van der Waals surface area (Å²) in [6, 6.07) is 11.2. The number of nitro benzene ring substituents is 1. The van der Waals surface area contributed by atoms with Crippen LogP contribution in [0.2, 0.25) is 0 Å². The molecule has 0 aliphatic carbocycles. The molecule has 1 aliphatic heterocycles. The minimum Gasteiger partial charge on any atom is -0.322 e. The zero-order chi connectivity index (χ0) is 20.3. The van der Waals surface area contributed by atoms with Gasteiger partial charge in [-0.2, -0.15) is 4.31 Å². The first-order valence-electron chi connectivity index (χ1n) is 8.62. The normalized spacial score (nSPS) is 15.9. The minimum absolute atomic E-state index is 0.0633. The van der Waals surface area contributed by atoms with E-state index in [0.29, 0.717) is 31.9 Å². The monoisotopic (exact) mass is 404 g/mol. The number of benzene rings is 2. The van der Waals surface area contributed by atoms with Gasteiger partial charge in [0.1, 0.15) is 0 Å². The van der Waals surface area contributed by atoms with Gasteiger partial charge >= 0.3 is 0 Å². The van der Waals surface area contributed by atoms with Gasteiger partial charge in [-0.05, 0) is 37.4 Å². The Kier molecular flexibility index (Phi) is 5.73. The number of rotatable bonds is 5. The SMILES string of the molecule is CN1CCN(S(=O)(=O)c2cccc(C(=O)Nc3ccc([N+](=O)[O-])cc3)c2)CC1. The molecule has 1 N–H and O–H groups in total. The predicted octanol–water partition coefficient (Wildman–Crippen LogP) is 1.78. The molecule has 1 amide bonds. The van der Waals surface area contributed by atoms with Gasteiger partial charge in [0.15, 0.2) is 0 Å². The molecule has 10 heteroatoms. The van der Waals surface area contributed by atoms with E-state index in [1.54, 1.807) is 0 Å². The lowest BCUT2D eigenvalue weighted by molar-refractivity contribution is -0.384. The molecule has 0 atom stereocenters. The van der Waals surface area contributed by atoms with E-state index in [0.717, 1.165) is 0 Å². The van der Waals surface area contributed by atoms with Gasteiger partial charge in [-0.15, -0.1) is 0 Å². The summed E-state index contributed by atoms with van der Waals surface area (Å²) in [7, 11) is -1.74. The summed E-state index contributed by atoms with van der Waals surface area (Å²) in [5.74, 6) is -0.496. The molecule has 3 rings (SSSR count). The average molecular weight is 404 g/mol. The third kappa shape index (κ3) is 4.35. The Morgan fingerprint density at radius 3 is 2.32 bits per heavy atom. The number of carbonyl (C=O) groups excluding carboxylic acids is 1. The Morgan fingerprint density at radius 2 is 1.71 bits per heavy atom. The zero-order valence-corrected chi connectivity index (χ0v) is 16.1. The largest absolute Gasteiger partial charge is 0.322 e. The first kappa shape index (κ1) is 19.9. The summed E-state index contributed by atoms with van der Waals surface area (Å²) in [6.07, 6.45) is 0. The molecular formula is C18H20N4O5S. The number of piperazine rings is 1. The number of anilines is 1. The van der Waals surface area contributed by atoms with Crippen molar-refractivity contribution in [2.24, 2.45) is 0 Å². The van der Waals surface area contributed by atoms with E-state index in [-0.39, 0.29) is 16.1 Å². The predicted molar refractivity (Wildman–Crippen MR) is 104 cm³/mol. The zero-order valence-electron chi connectivity index (χ0n) is 15.2. The smallest absolute Gasteiger partial charge is 0.269 e. The Balaban J connectivity index is 1.76. The van der Waals surface area contributed by atoms with Crippen molar-refractivity contribution in [1.82, 2.24) is 9.21 Å². The van der Waals surface area contributed by atoms with E-state index >= 15 is 0 Å². The van der Waals surface area contributed by atoms with Crippen molar-refractivity contribution in [3.63, 3.8) is 0 Å². The van der Waals surface area contributed by atoms with Crippen LogP contribution in [-0.4, -0.2) is 61.7 Å². The van der Waals surface area contributed by atoms with Gasteiger partial charge in [-0.1, -0.05) is 6.07 Å². The van der Waals surface area contributed by atoms with Crippen LogP contribution in [0.4, 0.5) is 11.4 Å². The molecule has 0 radical (unpaired) electrons. The van der Waals surface area contributed by atoms with E-state index in [1.807, 2.05) is 7.05 Å². The number of nitrogens with one attached hydrogen (secondary N) is 1. The fourth-order valence-corrected chi connectivity index (χ4v) is 4.31. The van der Waals surface area contributed by atoms with Crippen LogP contribution in [0.15, 0.2) is 53.4 Å². The van der Waals surface area contributed by atoms with Crippen molar-refractivity contribution in [2.45, 2.75) is 4.90 Å². The molecule has 28 heavy (non-hydrogen) atoms. The first-order valence-corrected chi connectivity index (χ1v) is 10.1. The van der Waals surface area contributed by atoms with E-state index in [2.05, 4.69) is 10.2 Å². The lowest BCUT2D eigenvalue weighted by Crippen LogP contribution is -2.47. The van der Waals surface area contributed by atoms with Crippen molar-refractivity contribution < 1.29 is 18.1 Å². The van der Waals surface area contributed by atoms with Gasteiger partial charge in [0.2, 0.25) is 10.0 Å². The second-order valence-corrected chi connectivity index (χ2v) is 8.43. The van der Waals surface area contributed by atoms with Crippen molar-refractivity contribution in [3.8, 4) is 0 Å². The summed E-state index contributed by atoms with van der Waals surface area (Å²) in [6.45, 7) is 2.11. The van der Waals surface area contributed by atoms with Crippen LogP contribution in [0.1, 0.15) is 10.4 Å². The van der Waals surface area contributed by atoms with Gasteiger partial charge in [0.05, 0.1) is 9.82 Å². The standard InChI is InChI=1S/C18H20N4O5S/c1-20-9-11-21(12-10-20)28(26,27)17-4-2-3-14(13-17)18(23)19-15-5-7-16(8-6-15)22(24)25/h2-8,13H,9-12H2,1H3,(H,19,23). The van der Waals surface area contributed by atoms with Crippen molar-refractivity contribution in [3.05, 3.63) is 64.2 Å². The minimum atomic E-state index is -3.68. The molecule has 1 aliphatic rings. The van der Waals surface area contributed by atoms with E-state index in [4.69, 9.17) is 0 Å². The van der Waals surface area contributed by atoms with E-state index < -0.39 is 20.9 Å². The highest BCUT2D eigenvalue weighted by Crippen LogP contribution is 2.20. The average Bonchev–Trinajstić information content (AvgIpc) is 2.69. The summed E-state index contributed by atoms with van der Waals surface area (Å²) in [5.41, 5.74) is 0.481. The molecule has 0 spiro atoms. The highest BCUT2D eigenvalue weighted by atomic mass is 32.2. The Labute approximate surface area is 162 Å². The fourth-order valence-electron chi connectivity index (χ4n) is 2.85. The molecule has 2 aromatic rings. The molecule has 0 aromatic heterocycles. The lowest BCUT2D eigenvalue weighted by Gasteiger charge is -2.31. The third-order valence-corrected chi connectivity index (χ3v) is 6.43. The van der Waals surface area contributed by atoms with Gasteiger partial charge in [0.25, 0.3) is 11.6 Å². The van der Waals surface area contributed by atoms with E-state index in [1.165, 1.54) is 52.8 Å².